The van der Waals surface area contributed by atoms with Crippen LogP contribution in [0.25, 0.3) is 0 Å². The molecule has 118 valence electrons. The Kier molecular flexibility index (Phi) is 7.44. The molecule has 0 aliphatic rings. The van der Waals surface area contributed by atoms with E-state index in [0.29, 0.717) is 5.92 Å². The van der Waals surface area contributed by atoms with E-state index < -0.39 is 0 Å². The highest BCUT2D eigenvalue weighted by Gasteiger charge is 2.26. The first kappa shape index (κ1) is 17.7. The van der Waals surface area contributed by atoms with Crippen LogP contribution in [0.4, 0.5) is 0 Å². The van der Waals surface area contributed by atoms with E-state index in [0.717, 1.165) is 12.8 Å². The minimum Gasteiger partial charge on any atom is -0.394 e. The minimum absolute atomic E-state index is 0.0119. The van der Waals surface area contributed by atoms with E-state index in [1.807, 2.05) is 32.0 Å². The monoisotopic (exact) mass is 291 g/mol. The van der Waals surface area contributed by atoms with Gasteiger partial charge in [-0.1, -0.05) is 64.4 Å². The Balaban J connectivity index is 2.79. The fraction of sp³-hybridized carbons (Fsp3) is 0.611. The van der Waals surface area contributed by atoms with Crippen molar-refractivity contribution in [3.8, 4) is 0 Å². The Morgan fingerprint density at radius 2 is 1.81 bits per heavy atom. The van der Waals surface area contributed by atoms with Crippen molar-refractivity contribution in [2.75, 3.05) is 6.61 Å². The molecule has 0 aromatic heterocycles. The van der Waals surface area contributed by atoms with Gasteiger partial charge < -0.3 is 10.4 Å². The van der Waals surface area contributed by atoms with Gasteiger partial charge in [-0.25, -0.2) is 0 Å². The smallest absolute Gasteiger partial charge is 0.224 e. The molecule has 0 bridgehead atoms. The Morgan fingerprint density at radius 1 is 1.19 bits per heavy atom. The highest BCUT2D eigenvalue weighted by Crippen LogP contribution is 2.21. The van der Waals surface area contributed by atoms with Crippen LogP contribution in [0.3, 0.4) is 0 Å². The lowest BCUT2D eigenvalue weighted by atomic mass is 9.85. The molecule has 3 nitrogen and oxygen atoms in total. The minimum atomic E-state index is -0.167. The number of amides is 1. The maximum absolute atomic E-state index is 12.6. The van der Waals surface area contributed by atoms with E-state index in [4.69, 9.17) is 0 Å². The molecule has 0 saturated carbocycles. The van der Waals surface area contributed by atoms with Gasteiger partial charge in [0.15, 0.2) is 0 Å². The number of carbonyl (C=O) groups excluding carboxylic acids is 1. The topological polar surface area (TPSA) is 49.3 Å². The van der Waals surface area contributed by atoms with Gasteiger partial charge in [0.2, 0.25) is 5.91 Å². The number of benzene rings is 1. The van der Waals surface area contributed by atoms with Crippen LogP contribution in [0.5, 0.6) is 0 Å². The first-order valence-corrected chi connectivity index (χ1v) is 7.94. The fourth-order valence-corrected chi connectivity index (χ4v) is 2.42. The Labute approximate surface area is 128 Å². The molecule has 0 fully saturated rings. The summed E-state index contributed by atoms with van der Waals surface area (Å²) in [5, 5.41) is 12.4. The highest BCUT2D eigenvalue weighted by atomic mass is 16.3. The van der Waals surface area contributed by atoms with Crippen molar-refractivity contribution in [1.82, 2.24) is 5.32 Å². The molecule has 0 radical (unpaired) electrons. The van der Waals surface area contributed by atoms with Crippen molar-refractivity contribution >= 4 is 5.91 Å². The van der Waals surface area contributed by atoms with Crippen LogP contribution in [0.2, 0.25) is 0 Å². The zero-order valence-corrected chi connectivity index (χ0v) is 13.7. The molecule has 0 saturated heterocycles. The summed E-state index contributed by atoms with van der Waals surface area (Å²) in [7, 11) is 0. The lowest BCUT2D eigenvalue weighted by Crippen LogP contribution is -2.45. The predicted octanol–water partition coefficient (Wildman–Crippen LogP) is 3.02. The van der Waals surface area contributed by atoms with E-state index in [1.165, 1.54) is 5.56 Å². The quantitative estimate of drug-likeness (QED) is 0.773. The first-order valence-electron chi connectivity index (χ1n) is 7.94. The van der Waals surface area contributed by atoms with E-state index in [1.54, 1.807) is 0 Å². The first-order chi connectivity index (χ1) is 9.99. The molecular formula is C18H29NO2. The van der Waals surface area contributed by atoms with Gasteiger partial charge >= 0.3 is 0 Å². The molecule has 3 unspecified atom stereocenters. The summed E-state index contributed by atoms with van der Waals surface area (Å²) in [6, 6.07) is 9.96. The molecule has 1 aromatic carbocycles. The molecule has 1 amide bonds. The number of aliphatic hydroxyl groups is 1. The molecule has 1 aromatic rings. The van der Waals surface area contributed by atoms with Crippen LogP contribution < -0.4 is 5.32 Å². The molecule has 0 aliphatic heterocycles. The Morgan fingerprint density at radius 3 is 2.29 bits per heavy atom. The zero-order chi connectivity index (χ0) is 15.8. The highest BCUT2D eigenvalue weighted by molar-refractivity contribution is 5.79. The van der Waals surface area contributed by atoms with Gasteiger partial charge in [0.05, 0.1) is 12.6 Å². The molecule has 0 spiro atoms. The van der Waals surface area contributed by atoms with Crippen molar-refractivity contribution in [3.05, 3.63) is 35.9 Å². The Bertz CT molecular complexity index is 416. The molecule has 3 heteroatoms. The van der Waals surface area contributed by atoms with Crippen molar-refractivity contribution in [2.24, 2.45) is 17.8 Å². The van der Waals surface area contributed by atoms with E-state index in [2.05, 4.69) is 31.3 Å². The summed E-state index contributed by atoms with van der Waals surface area (Å²) in [6.45, 7) is 8.24. The van der Waals surface area contributed by atoms with Gasteiger partial charge in [-0.15, -0.1) is 0 Å². The van der Waals surface area contributed by atoms with Gasteiger partial charge in [-0.3, -0.25) is 4.79 Å². The number of nitrogens with one attached hydrogen (secondary N) is 1. The van der Waals surface area contributed by atoms with Crippen LogP contribution in [0.1, 0.15) is 39.7 Å². The van der Waals surface area contributed by atoms with Crippen molar-refractivity contribution in [3.63, 3.8) is 0 Å². The molecule has 2 N–H and O–H groups in total. The summed E-state index contributed by atoms with van der Waals surface area (Å²) < 4.78 is 0. The number of hydrogen-bond donors (Lipinski definition) is 2. The molecule has 0 heterocycles. The predicted molar refractivity (Wildman–Crippen MR) is 86.9 cm³/mol. The Hall–Kier alpha value is -1.35. The normalized spacial score (nSPS) is 15.5. The van der Waals surface area contributed by atoms with E-state index in [9.17, 15) is 9.90 Å². The van der Waals surface area contributed by atoms with E-state index >= 15 is 0 Å². The van der Waals surface area contributed by atoms with Gasteiger partial charge in [-0.05, 0) is 23.8 Å². The summed E-state index contributed by atoms with van der Waals surface area (Å²) in [6.07, 6.45) is 1.72. The second-order valence-electron chi connectivity index (χ2n) is 6.22. The molecule has 1 rings (SSSR count). The number of hydrogen-bond acceptors (Lipinski definition) is 2. The standard InChI is InChI=1S/C18H29NO2/c1-5-14(4)16(11-15-9-7-6-8-10-15)18(21)19-17(12-20)13(2)3/h6-10,13-14,16-17,20H,5,11-12H2,1-4H3,(H,19,21). The maximum atomic E-state index is 12.6. The van der Waals surface area contributed by atoms with Crippen LogP contribution in [-0.2, 0) is 11.2 Å². The molecule has 0 aliphatic carbocycles. The number of aliphatic hydroxyl groups excluding tert-OH is 1. The van der Waals surface area contributed by atoms with Gasteiger partial charge in [-0.2, -0.15) is 0 Å². The van der Waals surface area contributed by atoms with Gasteiger partial charge in [0.1, 0.15) is 0 Å². The fourth-order valence-electron chi connectivity index (χ4n) is 2.42. The lowest BCUT2D eigenvalue weighted by Gasteiger charge is -2.27. The summed E-state index contributed by atoms with van der Waals surface area (Å²) in [5.74, 6) is 0.552. The largest absolute Gasteiger partial charge is 0.394 e. The second-order valence-corrected chi connectivity index (χ2v) is 6.22. The second kappa shape index (κ2) is 8.83. The van der Waals surface area contributed by atoms with Crippen LogP contribution in [-0.4, -0.2) is 23.7 Å². The van der Waals surface area contributed by atoms with Crippen LogP contribution in [0, 0.1) is 17.8 Å². The van der Waals surface area contributed by atoms with Crippen molar-refractivity contribution in [1.29, 1.82) is 0 Å². The third kappa shape index (κ3) is 5.50. The third-order valence-corrected chi connectivity index (χ3v) is 4.30. The summed E-state index contributed by atoms with van der Waals surface area (Å²) >= 11 is 0. The van der Waals surface area contributed by atoms with Crippen LogP contribution >= 0.6 is 0 Å². The average molecular weight is 291 g/mol. The number of rotatable bonds is 8. The molecule has 21 heavy (non-hydrogen) atoms. The average Bonchev–Trinajstić information content (AvgIpc) is 2.49. The summed E-state index contributed by atoms with van der Waals surface area (Å²) in [4.78, 5) is 12.6. The molecular weight excluding hydrogens is 262 g/mol. The van der Waals surface area contributed by atoms with Crippen LogP contribution in [0.15, 0.2) is 30.3 Å². The zero-order valence-electron chi connectivity index (χ0n) is 13.7. The molecule has 3 atom stereocenters. The lowest BCUT2D eigenvalue weighted by molar-refractivity contribution is -0.128. The summed E-state index contributed by atoms with van der Waals surface area (Å²) in [5.41, 5.74) is 1.18. The van der Waals surface area contributed by atoms with Crippen molar-refractivity contribution < 1.29 is 9.90 Å². The number of carbonyl (C=O) groups is 1. The van der Waals surface area contributed by atoms with E-state index in [-0.39, 0.29) is 30.4 Å². The van der Waals surface area contributed by atoms with Gasteiger partial charge in [0.25, 0.3) is 0 Å². The SMILES string of the molecule is CCC(C)C(Cc1ccccc1)C(=O)NC(CO)C(C)C. The third-order valence-electron chi connectivity index (χ3n) is 4.30. The maximum Gasteiger partial charge on any atom is 0.224 e. The van der Waals surface area contributed by atoms with Gasteiger partial charge in [0, 0.05) is 5.92 Å². The van der Waals surface area contributed by atoms with Crippen molar-refractivity contribution in [2.45, 2.75) is 46.6 Å².